The van der Waals surface area contributed by atoms with Gasteiger partial charge in [-0.2, -0.15) is 0 Å². The van der Waals surface area contributed by atoms with Crippen LogP contribution in [0.5, 0.6) is 11.5 Å². The van der Waals surface area contributed by atoms with Gasteiger partial charge < -0.3 is 14.8 Å². The molecule has 2 aromatic rings. The van der Waals surface area contributed by atoms with Crippen molar-refractivity contribution in [1.82, 2.24) is 0 Å². The molecule has 31 heavy (non-hydrogen) atoms. The quantitative estimate of drug-likeness (QED) is 0.377. The molecule has 0 amide bonds. The van der Waals surface area contributed by atoms with E-state index < -0.39 is 0 Å². The van der Waals surface area contributed by atoms with Crippen molar-refractivity contribution < 1.29 is 9.47 Å². The van der Waals surface area contributed by atoms with Crippen LogP contribution in [0.15, 0.2) is 48.5 Å². The van der Waals surface area contributed by atoms with Crippen molar-refractivity contribution in [1.29, 1.82) is 0 Å². The van der Waals surface area contributed by atoms with Crippen molar-refractivity contribution in [2.45, 2.75) is 84.2 Å². The Morgan fingerprint density at radius 1 is 0.935 bits per heavy atom. The molecule has 0 aromatic heterocycles. The highest BCUT2D eigenvalue weighted by Gasteiger charge is 2.15. The van der Waals surface area contributed by atoms with Gasteiger partial charge in [0, 0.05) is 5.69 Å². The Kier molecular flexibility index (Phi) is 9.58. The van der Waals surface area contributed by atoms with Crippen LogP contribution < -0.4 is 14.8 Å². The van der Waals surface area contributed by atoms with E-state index >= 15 is 0 Å². The lowest BCUT2D eigenvalue weighted by atomic mass is 9.87. The van der Waals surface area contributed by atoms with Crippen molar-refractivity contribution in [3.8, 4) is 11.5 Å². The van der Waals surface area contributed by atoms with Crippen LogP contribution in [0.25, 0.3) is 0 Å². The molecule has 0 heterocycles. The number of nitrogens with one attached hydrogen (secondary N) is 1. The van der Waals surface area contributed by atoms with Crippen LogP contribution in [0, 0.1) is 5.92 Å². The Labute approximate surface area is 189 Å². The number of benzene rings is 2. The monoisotopic (exact) mass is 423 g/mol. The number of para-hydroxylation sites is 1. The molecule has 0 saturated heterocycles. The first kappa shape index (κ1) is 23.5. The highest BCUT2D eigenvalue weighted by molar-refractivity contribution is 5.46. The second-order valence-corrected chi connectivity index (χ2v) is 9.04. The van der Waals surface area contributed by atoms with Crippen LogP contribution in [-0.2, 0) is 0 Å². The molecule has 2 atom stereocenters. The molecular formula is C28H41NO2. The standard InChI is InChI=1S/C28H41NO2/c1-4-22(3)27-13-9-10-14-28(27)31-25(5-2)21-29-24-15-17-26(18-16-24)30-20-19-23-11-7-6-8-12-23/h9-10,13-18,22-23,25,29H,4-8,11-12,19-21H2,1-3H3. The minimum absolute atomic E-state index is 0.136. The third-order valence-electron chi connectivity index (χ3n) is 6.72. The van der Waals surface area contributed by atoms with E-state index in [-0.39, 0.29) is 6.10 Å². The maximum Gasteiger partial charge on any atom is 0.123 e. The zero-order valence-corrected chi connectivity index (χ0v) is 19.7. The summed E-state index contributed by atoms with van der Waals surface area (Å²) < 4.78 is 12.4. The molecule has 0 aliphatic heterocycles. The fourth-order valence-corrected chi connectivity index (χ4v) is 4.38. The largest absolute Gasteiger partial charge is 0.494 e. The molecule has 1 aliphatic carbocycles. The van der Waals surface area contributed by atoms with Gasteiger partial charge in [0.05, 0.1) is 13.2 Å². The molecule has 0 radical (unpaired) electrons. The second kappa shape index (κ2) is 12.6. The minimum Gasteiger partial charge on any atom is -0.494 e. The van der Waals surface area contributed by atoms with Gasteiger partial charge in [0.25, 0.3) is 0 Å². The first-order valence-corrected chi connectivity index (χ1v) is 12.4. The van der Waals surface area contributed by atoms with E-state index in [2.05, 4.69) is 74.6 Å². The van der Waals surface area contributed by atoms with E-state index in [0.717, 1.165) is 49.1 Å². The fraction of sp³-hybridized carbons (Fsp3) is 0.571. The lowest BCUT2D eigenvalue weighted by molar-refractivity contribution is 0.207. The van der Waals surface area contributed by atoms with Gasteiger partial charge in [-0.1, -0.05) is 71.1 Å². The zero-order valence-electron chi connectivity index (χ0n) is 19.7. The molecule has 3 nitrogen and oxygen atoms in total. The van der Waals surface area contributed by atoms with Gasteiger partial charge in [0.1, 0.15) is 17.6 Å². The number of hydrogen-bond donors (Lipinski definition) is 1. The molecule has 0 bridgehead atoms. The van der Waals surface area contributed by atoms with Crippen molar-refractivity contribution in [2.75, 3.05) is 18.5 Å². The second-order valence-electron chi connectivity index (χ2n) is 9.04. The van der Waals surface area contributed by atoms with Crippen LogP contribution in [0.3, 0.4) is 0 Å². The highest BCUT2D eigenvalue weighted by Crippen LogP contribution is 2.30. The van der Waals surface area contributed by atoms with Gasteiger partial charge in [-0.15, -0.1) is 0 Å². The van der Waals surface area contributed by atoms with Crippen LogP contribution >= 0.6 is 0 Å². The van der Waals surface area contributed by atoms with Crippen LogP contribution in [0.2, 0.25) is 0 Å². The van der Waals surface area contributed by atoms with Crippen LogP contribution in [0.4, 0.5) is 5.69 Å². The molecule has 1 saturated carbocycles. The number of ether oxygens (including phenoxy) is 2. The predicted octanol–water partition coefficient (Wildman–Crippen LogP) is 7.82. The van der Waals surface area contributed by atoms with Gasteiger partial charge in [0.15, 0.2) is 0 Å². The summed E-state index contributed by atoms with van der Waals surface area (Å²) in [6.07, 6.45) is 10.4. The molecule has 0 spiro atoms. The first-order chi connectivity index (χ1) is 15.2. The summed E-state index contributed by atoms with van der Waals surface area (Å²) in [6, 6.07) is 16.8. The average Bonchev–Trinajstić information content (AvgIpc) is 2.83. The summed E-state index contributed by atoms with van der Waals surface area (Å²) in [6.45, 7) is 8.29. The topological polar surface area (TPSA) is 30.5 Å². The molecule has 170 valence electrons. The molecule has 1 fully saturated rings. The Hall–Kier alpha value is -2.16. The van der Waals surface area contributed by atoms with Crippen LogP contribution in [-0.4, -0.2) is 19.3 Å². The van der Waals surface area contributed by atoms with E-state index in [9.17, 15) is 0 Å². The van der Waals surface area contributed by atoms with E-state index in [1.54, 1.807) is 0 Å². The summed E-state index contributed by atoms with van der Waals surface area (Å²) >= 11 is 0. The summed E-state index contributed by atoms with van der Waals surface area (Å²) in [7, 11) is 0. The van der Waals surface area contributed by atoms with Gasteiger partial charge >= 0.3 is 0 Å². The summed E-state index contributed by atoms with van der Waals surface area (Å²) in [4.78, 5) is 0. The molecule has 3 heteroatoms. The van der Waals surface area contributed by atoms with Gasteiger partial charge in [-0.05, 0) is 67.0 Å². The lowest BCUT2D eigenvalue weighted by Gasteiger charge is -2.22. The normalized spacial score (nSPS) is 16.5. The Morgan fingerprint density at radius 3 is 2.39 bits per heavy atom. The summed E-state index contributed by atoms with van der Waals surface area (Å²) in [5.41, 5.74) is 2.41. The van der Waals surface area contributed by atoms with Gasteiger partial charge in [0.2, 0.25) is 0 Å². The summed E-state index contributed by atoms with van der Waals surface area (Å²) in [5.74, 6) is 3.36. The fourth-order valence-electron chi connectivity index (χ4n) is 4.38. The maximum absolute atomic E-state index is 6.39. The molecule has 2 aromatic carbocycles. The average molecular weight is 424 g/mol. The molecule has 1 aliphatic rings. The minimum atomic E-state index is 0.136. The van der Waals surface area contributed by atoms with Crippen LogP contribution in [0.1, 0.15) is 83.6 Å². The third kappa shape index (κ3) is 7.48. The number of hydrogen-bond acceptors (Lipinski definition) is 3. The Bertz CT molecular complexity index is 752. The molecule has 1 N–H and O–H groups in total. The van der Waals surface area contributed by atoms with Gasteiger partial charge in [-0.25, -0.2) is 0 Å². The van der Waals surface area contributed by atoms with E-state index in [1.807, 2.05) is 0 Å². The number of rotatable bonds is 12. The zero-order chi connectivity index (χ0) is 21.9. The highest BCUT2D eigenvalue weighted by atomic mass is 16.5. The lowest BCUT2D eigenvalue weighted by Crippen LogP contribution is -2.26. The first-order valence-electron chi connectivity index (χ1n) is 12.4. The molecule has 3 rings (SSSR count). The number of anilines is 1. The van der Waals surface area contributed by atoms with Crippen molar-refractivity contribution >= 4 is 5.69 Å². The third-order valence-corrected chi connectivity index (χ3v) is 6.72. The van der Waals surface area contributed by atoms with Crippen molar-refractivity contribution in [2.24, 2.45) is 5.92 Å². The maximum atomic E-state index is 6.39. The van der Waals surface area contributed by atoms with Crippen molar-refractivity contribution in [3.63, 3.8) is 0 Å². The Balaban J connectivity index is 1.45. The van der Waals surface area contributed by atoms with E-state index in [0.29, 0.717) is 5.92 Å². The molecular weight excluding hydrogens is 382 g/mol. The van der Waals surface area contributed by atoms with E-state index in [4.69, 9.17) is 9.47 Å². The smallest absolute Gasteiger partial charge is 0.123 e. The van der Waals surface area contributed by atoms with Gasteiger partial charge in [-0.3, -0.25) is 0 Å². The SMILES string of the molecule is CCC(CNc1ccc(OCCC2CCCCC2)cc1)Oc1ccccc1C(C)CC. The Morgan fingerprint density at radius 2 is 1.68 bits per heavy atom. The summed E-state index contributed by atoms with van der Waals surface area (Å²) in [5, 5.41) is 3.53. The molecule has 2 unspecified atom stereocenters. The van der Waals surface area contributed by atoms with E-state index in [1.165, 1.54) is 44.1 Å². The van der Waals surface area contributed by atoms with Crippen molar-refractivity contribution in [3.05, 3.63) is 54.1 Å². The predicted molar refractivity (Wildman–Crippen MR) is 131 cm³/mol.